The predicted octanol–water partition coefficient (Wildman–Crippen LogP) is 4.92. The standard InChI is InChI=1S/C17H9ClN4OS/c18-12-6-3-5-11(8-12)15-19-20-17-22(15)21-16(24-17)14-9-10-4-1-2-7-13(10)23-14/h1-9H. The van der Waals surface area contributed by atoms with E-state index in [1.807, 2.05) is 54.6 Å². The van der Waals surface area contributed by atoms with Gasteiger partial charge in [0.2, 0.25) is 4.96 Å². The van der Waals surface area contributed by atoms with Crippen molar-refractivity contribution in [3.63, 3.8) is 0 Å². The molecule has 0 saturated heterocycles. The van der Waals surface area contributed by atoms with Crippen LogP contribution >= 0.6 is 22.9 Å². The molecule has 5 aromatic rings. The van der Waals surface area contributed by atoms with Crippen molar-refractivity contribution in [2.45, 2.75) is 0 Å². The van der Waals surface area contributed by atoms with Crippen molar-refractivity contribution in [2.24, 2.45) is 0 Å². The first kappa shape index (κ1) is 13.7. The second-order valence-corrected chi connectivity index (χ2v) is 6.68. The molecule has 0 aliphatic heterocycles. The first-order valence-electron chi connectivity index (χ1n) is 7.25. The van der Waals surface area contributed by atoms with Crippen LogP contribution in [0.3, 0.4) is 0 Å². The third kappa shape index (κ3) is 2.11. The van der Waals surface area contributed by atoms with Gasteiger partial charge in [-0.05, 0) is 24.3 Å². The topological polar surface area (TPSA) is 56.2 Å². The number of aromatic nitrogens is 4. The molecule has 24 heavy (non-hydrogen) atoms. The van der Waals surface area contributed by atoms with Crippen molar-refractivity contribution in [2.75, 3.05) is 0 Å². The average Bonchev–Trinajstić information content (AvgIpc) is 3.27. The minimum Gasteiger partial charge on any atom is -0.453 e. The lowest BCUT2D eigenvalue weighted by Gasteiger charge is -1.97. The molecule has 7 heteroatoms. The summed E-state index contributed by atoms with van der Waals surface area (Å²) in [5, 5.41) is 15.5. The number of fused-ring (bicyclic) bond motifs is 2. The van der Waals surface area contributed by atoms with Crippen LogP contribution in [0.4, 0.5) is 0 Å². The number of halogens is 1. The molecule has 0 radical (unpaired) electrons. The maximum Gasteiger partial charge on any atom is 0.235 e. The van der Waals surface area contributed by atoms with Crippen molar-refractivity contribution in [3.8, 4) is 22.2 Å². The number of nitrogens with zero attached hydrogens (tertiary/aromatic N) is 4. The van der Waals surface area contributed by atoms with E-state index in [2.05, 4.69) is 15.3 Å². The molecule has 0 aliphatic carbocycles. The molecule has 3 aromatic heterocycles. The third-order valence-electron chi connectivity index (χ3n) is 3.71. The Morgan fingerprint density at radius 3 is 2.79 bits per heavy atom. The van der Waals surface area contributed by atoms with Gasteiger partial charge >= 0.3 is 0 Å². The van der Waals surface area contributed by atoms with Gasteiger partial charge in [-0.1, -0.05) is 53.3 Å². The van der Waals surface area contributed by atoms with Crippen LogP contribution in [-0.4, -0.2) is 19.8 Å². The van der Waals surface area contributed by atoms with Crippen molar-refractivity contribution in [1.82, 2.24) is 19.8 Å². The third-order valence-corrected chi connectivity index (χ3v) is 4.86. The van der Waals surface area contributed by atoms with E-state index in [0.29, 0.717) is 15.8 Å². The van der Waals surface area contributed by atoms with Crippen LogP contribution < -0.4 is 0 Å². The summed E-state index contributed by atoms with van der Waals surface area (Å²) in [5.74, 6) is 1.38. The van der Waals surface area contributed by atoms with Gasteiger partial charge in [0.1, 0.15) is 5.58 Å². The van der Waals surface area contributed by atoms with Crippen LogP contribution in [-0.2, 0) is 0 Å². The molecule has 116 valence electrons. The Labute approximate surface area is 145 Å². The summed E-state index contributed by atoms with van der Waals surface area (Å²) in [6, 6.07) is 17.4. The first-order chi connectivity index (χ1) is 11.8. The molecule has 0 amide bonds. The number of benzene rings is 2. The smallest absolute Gasteiger partial charge is 0.235 e. The highest BCUT2D eigenvalue weighted by Crippen LogP contribution is 2.32. The molecule has 2 aromatic carbocycles. The van der Waals surface area contributed by atoms with E-state index in [9.17, 15) is 0 Å². The lowest BCUT2D eigenvalue weighted by Crippen LogP contribution is -1.90. The Morgan fingerprint density at radius 2 is 1.92 bits per heavy atom. The maximum absolute atomic E-state index is 6.07. The van der Waals surface area contributed by atoms with Gasteiger partial charge in [-0.15, -0.1) is 15.3 Å². The summed E-state index contributed by atoms with van der Waals surface area (Å²) >= 11 is 7.51. The van der Waals surface area contributed by atoms with E-state index < -0.39 is 0 Å². The second kappa shape index (κ2) is 5.15. The lowest BCUT2D eigenvalue weighted by atomic mass is 10.2. The van der Waals surface area contributed by atoms with Gasteiger partial charge in [0, 0.05) is 16.0 Å². The molecule has 0 N–H and O–H groups in total. The molecule has 0 spiro atoms. The van der Waals surface area contributed by atoms with Gasteiger partial charge < -0.3 is 4.42 Å². The largest absolute Gasteiger partial charge is 0.453 e. The minimum absolute atomic E-state index is 0.650. The summed E-state index contributed by atoms with van der Waals surface area (Å²) in [4.78, 5) is 0.709. The fourth-order valence-corrected chi connectivity index (χ4v) is 3.59. The zero-order valence-electron chi connectivity index (χ0n) is 12.2. The van der Waals surface area contributed by atoms with E-state index in [1.165, 1.54) is 11.3 Å². The molecule has 0 atom stereocenters. The number of para-hydroxylation sites is 1. The maximum atomic E-state index is 6.07. The molecule has 0 bridgehead atoms. The van der Waals surface area contributed by atoms with Crippen LogP contribution in [0.1, 0.15) is 0 Å². The van der Waals surface area contributed by atoms with Crippen LogP contribution in [0.25, 0.3) is 38.1 Å². The molecule has 5 nitrogen and oxygen atoms in total. The average molecular weight is 353 g/mol. The van der Waals surface area contributed by atoms with Gasteiger partial charge in [-0.2, -0.15) is 4.52 Å². The van der Waals surface area contributed by atoms with E-state index in [4.69, 9.17) is 16.0 Å². The van der Waals surface area contributed by atoms with E-state index >= 15 is 0 Å². The number of hydrogen-bond acceptors (Lipinski definition) is 5. The molecule has 3 heterocycles. The van der Waals surface area contributed by atoms with E-state index in [-0.39, 0.29) is 0 Å². The van der Waals surface area contributed by atoms with Gasteiger partial charge in [0.25, 0.3) is 0 Å². The summed E-state index contributed by atoms with van der Waals surface area (Å²) in [6.07, 6.45) is 0. The fraction of sp³-hybridized carbons (Fsp3) is 0. The molecule has 0 saturated carbocycles. The van der Waals surface area contributed by atoms with Crippen molar-refractivity contribution in [3.05, 3.63) is 59.6 Å². The quantitative estimate of drug-likeness (QED) is 0.452. The molecule has 0 aliphatic rings. The van der Waals surface area contributed by atoms with E-state index in [1.54, 1.807) is 4.52 Å². The van der Waals surface area contributed by atoms with Gasteiger partial charge in [0.15, 0.2) is 16.6 Å². The highest BCUT2D eigenvalue weighted by atomic mass is 35.5. The van der Waals surface area contributed by atoms with E-state index in [0.717, 1.165) is 27.3 Å². The summed E-state index contributed by atoms with van der Waals surface area (Å²) in [6.45, 7) is 0. The summed E-state index contributed by atoms with van der Waals surface area (Å²) in [5.41, 5.74) is 1.71. The monoisotopic (exact) mass is 352 g/mol. The molecular formula is C17H9ClN4OS. The van der Waals surface area contributed by atoms with Crippen molar-refractivity contribution in [1.29, 1.82) is 0 Å². The second-order valence-electron chi connectivity index (χ2n) is 5.28. The molecular weight excluding hydrogens is 344 g/mol. The van der Waals surface area contributed by atoms with Crippen LogP contribution in [0, 0.1) is 0 Å². The van der Waals surface area contributed by atoms with Crippen molar-refractivity contribution < 1.29 is 4.42 Å². The van der Waals surface area contributed by atoms with Crippen LogP contribution in [0.2, 0.25) is 5.02 Å². The first-order valence-corrected chi connectivity index (χ1v) is 8.44. The molecule has 5 rings (SSSR count). The SMILES string of the molecule is Clc1cccc(-c2nnc3sc(-c4cc5ccccc5o4)nn23)c1. The normalized spacial score (nSPS) is 11.5. The Kier molecular flexibility index (Phi) is 2.95. The predicted molar refractivity (Wildman–Crippen MR) is 94.3 cm³/mol. The fourth-order valence-electron chi connectivity index (χ4n) is 2.61. The van der Waals surface area contributed by atoms with Gasteiger partial charge in [-0.3, -0.25) is 0 Å². The summed E-state index contributed by atoms with van der Waals surface area (Å²) in [7, 11) is 0. The van der Waals surface area contributed by atoms with Gasteiger partial charge in [0.05, 0.1) is 0 Å². The Balaban J connectivity index is 1.66. The van der Waals surface area contributed by atoms with Crippen LogP contribution in [0.15, 0.2) is 59.0 Å². The zero-order valence-corrected chi connectivity index (χ0v) is 13.8. The Morgan fingerprint density at radius 1 is 1.00 bits per heavy atom. The van der Waals surface area contributed by atoms with Crippen molar-refractivity contribution >= 4 is 38.9 Å². The highest BCUT2D eigenvalue weighted by Gasteiger charge is 2.17. The Bertz CT molecular complexity index is 1160. The number of hydrogen-bond donors (Lipinski definition) is 0. The Hall–Kier alpha value is -2.70. The van der Waals surface area contributed by atoms with Crippen LogP contribution in [0.5, 0.6) is 0 Å². The number of rotatable bonds is 2. The molecule has 0 unspecified atom stereocenters. The summed E-state index contributed by atoms with van der Waals surface area (Å²) < 4.78 is 7.60. The zero-order chi connectivity index (χ0) is 16.1. The molecule has 0 fully saturated rings. The van der Waals surface area contributed by atoms with Gasteiger partial charge in [-0.25, -0.2) is 0 Å². The highest BCUT2D eigenvalue weighted by molar-refractivity contribution is 7.19. The number of furan rings is 1. The minimum atomic E-state index is 0.650. The lowest BCUT2D eigenvalue weighted by molar-refractivity contribution is 0.629.